The zero-order valence-corrected chi connectivity index (χ0v) is 12.0. The molecule has 2 rings (SSSR count). The molecule has 0 bridgehead atoms. The second kappa shape index (κ2) is 5.43. The molecule has 1 aromatic carbocycles. The van der Waals surface area contributed by atoms with Crippen molar-refractivity contribution in [2.75, 3.05) is 6.54 Å². The normalized spacial score (nSPS) is 12.9. The van der Waals surface area contributed by atoms with Crippen LogP contribution >= 0.6 is 23.2 Å². The number of aryl methyl sites for hydroxylation is 1. The Morgan fingerprint density at radius 1 is 1.28 bits per heavy atom. The Labute approximate surface area is 117 Å². The van der Waals surface area contributed by atoms with Gasteiger partial charge in [0.1, 0.15) is 0 Å². The Bertz CT molecular complexity index is 582. The molecule has 4 heteroatoms. The van der Waals surface area contributed by atoms with Crippen LogP contribution in [0.1, 0.15) is 18.2 Å². The van der Waals surface area contributed by atoms with Gasteiger partial charge in [0.2, 0.25) is 0 Å². The summed E-state index contributed by atoms with van der Waals surface area (Å²) in [7, 11) is 0. The lowest BCUT2D eigenvalue weighted by atomic mass is 9.97. The first-order chi connectivity index (χ1) is 8.52. The van der Waals surface area contributed by atoms with Gasteiger partial charge < -0.3 is 5.73 Å². The van der Waals surface area contributed by atoms with Gasteiger partial charge in [-0.1, -0.05) is 30.1 Å². The maximum absolute atomic E-state index is 6.28. The number of nitrogens with zero attached hydrogens (tertiary/aromatic N) is 1. The van der Waals surface area contributed by atoms with E-state index in [1.165, 1.54) is 5.56 Å². The molecule has 18 heavy (non-hydrogen) atoms. The third-order valence-electron chi connectivity index (χ3n) is 3.04. The highest BCUT2D eigenvalue weighted by atomic mass is 35.5. The Morgan fingerprint density at radius 3 is 2.61 bits per heavy atom. The minimum absolute atomic E-state index is 0.407. The topological polar surface area (TPSA) is 38.9 Å². The molecule has 1 atom stereocenters. The molecule has 0 amide bonds. The van der Waals surface area contributed by atoms with E-state index >= 15 is 0 Å². The van der Waals surface area contributed by atoms with E-state index in [2.05, 4.69) is 18.0 Å². The highest BCUT2D eigenvalue weighted by Crippen LogP contribution is 2.32. The quantitative estimate of drug-likeness (QED) is 0.925. The first kappa shape index (κ1) is 13.6. The maximum Gasteiger partial charge on any atom is 0.0909 e. The summed E-state index contributed by atoms with van der Waals surface area (Å²) in [6, 6.07) is 5.67. The lowest BCUT2D eigenvalue weighted by Crippen LogP contribution is -2.13. The predicted molar refractivity (Wildman–Crippen MR) is 78.4 cm³/mol. The van der Waals surface area contributed by atoms with Gasteiger partial charge in [0, 0.05) is 11.1 Å². The molecular formula is C14H16Cl2N2. The number of hydrogen-bond donors (Lipinski definition) is 1. The Hall–Kier alpha value is -0.830. The second-order valence-corrected chi connectivity index (χ2v) is 5.53. The minimum atomic E-state index is 0.407. The molecule has 0 saturated heterocycles. The first-order valence-electron chi connectivity index (χ1n) is 5.97. The van der Waals surface area contributed by atoms with Crippen molar-refractivity contribution in [1.29, 1.82) is 0 Å². The van der Waals surface area contributed by atoms with Crippen molar-refractivity contribution in [1.82, 2.24) is 4.98 Å². The molecule has 0 fully saturated rings. The maximum atomic E-state index is 6.28. The smallest absolute Gasteiger partial charge is 0.0909 e. The number of nitrogens with two attached hydrogens (primary N) is 1. The van der Waals surface area contributed by atoms with Gasteiger partial charge in [-0.2, -0.15) is 0 Å². The Morgan fingerprint density at radius 2 is 1.94 bits per heavy atom. The molecule has 0 radical (unpaired) electrons. The third kappa shape index (κ3) is 2.61. The van der Waals surface area contributed by atoms with Crippen LogP contribution in [-0.2, 0) is 6.42 Å². The van der Waals surface area contributed by atoms with Crippen molar-refractivity contribution in [3.8, 4) is 0 Å². The van der Waals surface area contributed by atoms with Crippen LogP contribution in [0.5, 0.6) is 0 Å². The molecule has 1 aromatic heterocycles. The molecule has 1 heterocycles. The van der Waals surface area contributed by atoms with Crippen molar-refractivity contribution in [3.05, 3.63) is 39.5 Å². The number of rotatable bonds is 3. The summed E-state index contributed by atoms with van der Waals surface area (Å²) in [5.74, 6) is 0.407. The van der Waals surface area contributed by atoms with E-state index in [-0.39, 0.29) is 0 Å². The molecule has 2 aromatic rings. The summed E-state index contributed by atoms with van der Waals surface area (Å²) in [6.45, 7) is 4.74. The van der Waals surface area contributed by atoms with E-state index in [0.717, 1.165) is 23.0 Å². The fourth-order valence-corrected chi connectivity index (χ4v) is 2.58. The molecule has 0 aliphatic heterocycles. The summed E-state index contributed by atoms with van der Waals surface area (Å²) in [5.41, 5.74) is 8.60. The molecule has 0 saturated carbocycles. The lowest BCUT2D eigenvalue weighted by Gasteiger charge is -2.13. The number of halogens is 2. The van der Waals surface area contributed by atoms with Crippen molar-refractivity contribution in [2.45, 2.75) is 20.3 Å². The van der Waals surface area contributed by atoms with Crippen LogP contribution in [-0.4, -0.2) is 11.5 Å². The summed E-state index contributed by atoms with van der Waals surface area (Å²) in [6.07, 6.45) is 0.885. The molecule has 2 nitrogen and oxygen atoms in total. The number of benzene rings is 1. The van der Waals surface area contributed by atoms with Crippen LogP contribution in [0.2, 0.25) is 10.0 Å². The number of fused-ring (bicyclic) bond motifs is 1. The van der Waals surface area contributed by atoms with Crippen molar-refractivity contribution in [2.24, 2.45) is 11.7 Å². The zero-order valence-electron chi connectivity index (χ0n) is 10.5. The van der Waals surface area contributed by atoms with Crippen LogP contribution in [0.3, 0.4) is 0 Å². The second-order valence-electron chi connectivity index (χ2n) is 4.72. The standard InChI is InChI=1S/C14H16Cl2N2/c1-8(7-17)5-10-6-9(2)18-14-12(16)4-3-11(15)13(10)14/h3-4,6,8H,5,7,17H2,1-2H3. The van der Waals surface area contributed by atoms with E-state index in [9.17, 15) is 0 Å². The molecule has 0 spiro atoms. The van der Waals surface area contributed by atoms with Gasteiger partial charge in [-0.25, -0.2) is 0 Å². The number of pyridine rings is 1. The highest BCUT2D eigenvalue weighted by molar-refractivity contribution is 6.40. The van der Waals surface area contributed by atoms with Gasteiger partial charge in [0.15, 0.2) is 0 Å². The van der Waals surface area contributed by atoms with Crippen LogP contribution in [0.25, 0.3) is 10.9 Å². The fraction of sp³-hybridized carbons (Fsp3) is 0.357. The van der Waals surface area contributed by atoms with E-state index in [4.69, 9.17) is 28.9 Å². The van der Waals surface area contributed by atoms with E-state index in [0.29, 0.717) is 22.5 Å². The van der Waals surface area contributed by atoms with Crippen LogP contribution in [0.15, 0.2) is 18.2 Å². The average Bonchev–Trinajstić information content (AvgIpc) is 2.33. The summed E-state index contributed by atoms with van der Waals surface area (Å²) in [5, 5.41) is 2.29. The van der Waals surface area contributed by atoms with Crippen molar-refractivity contribution in [3.63, 3.8) is 0 Å². The third-order valence-corrected chi connectivity index (χ3v) is 3.66. The molecular weight excluding hydrogens is 267 g/mol. The van der Waals surface area contributed by atoms with E-state index in [1.807, 2.05) is 13.0 Å². The summed E-state index contributed by atoms with van der Waals surface area (Å²) in [4.78, 5) is 4.48. The predicted octanol–water partition coefficient (Wildman–Crippen LogP) is 3.99. The molecule has 1 unspecified atom stereocenters. The van der Waals surface area contributed by atoms with Crippen LogP contribution in [0, 0.1) is 12.8 Å². The monoisotopic (exact) mass is 282 g/mol. The molecule has 0 aliphatic rings. The van der Waals surface area contributed by atoms with Gasteiger partial charge >= 0.3 is 0 Å². The van der Waals surface area contributed by atoms with E-state index < -0.39 is 0 Å². The SMILES string of the molecule is Cc1cc(CC(C)CN)c2c(Cl)ccc(Cl)c2n1. The zero-order chi connectivity index (χ0) is 13.3. The Balaban J connectivity index is 2.68. The fourth-order valence-electron chi connectivity index (χ4n) is 2.11. The van der Waals surface area contributed by atoms with Crippen LogP contribution in [0.4, 0.5) is 0 Å². The van der Waals surface area contributed by atoms with Gasteiger partial charge in [-0.15, -0.1) is 0 Å². The van der Waals surface area contributed by atoms with Crippen LogP contribution < -0.4 is 5.73 Å². The molecule has 2 N–H and O–H groups in total. The summed E-state index contributed by atoms with van der Waals surface area (Å²) < 4.78 is 0. The van der Waals surface area contributed by atoms with E-state index in [1.54, 1.807) is 6.07 Å². The molecule has 0 aliphatic carbocycles. The number of hydrogen-bond acceptors (Lipinski definition) is 2. The molecule has 96 valence electrons. The highest BCUT2D eigenvalue weighted by Gasteiger charge is 2.12. The van der Waals surface area contributed by atoms with Gasteiger partial charge in [0.25, 0.3) is 0 Å². The minimum Gasteiger partial charge on any atom is -0.330 e. The number of aromatic nitrogens is 1. The van der Waals surface area contributed by atoms with Gasteiger partial charge in [-0.05, 0) is 49.6 Å². The Kier molecular flexibility index (Phi) is 4.10. The van der Waals surface area contributed by atoms with Gasteiger partial charge in [0.05, 0.1) is 15.6 Å². The van der Waals surface area contributed by atoms with Gasteiger partial charge in [-0.3, -0.25) is 4.98 Å². The lowest BCUT2D eigenvalue weighted by molar-refractivity contribution is 0.595. The summed E-state index contributed by atoms with van der Waals surface area (Å²) >= 11 is 12.5. The van der Waals surface area contributed by atoms with Crippen molar-refractivity contribution >= 4 is 34.1 Å². The first-order valence-corrected chi connectivity index (χ1v) is 6.72. The van der Waals surface area contributed by atoms with Crippen molar-refractivity contribution < 1.29 is 0 Å². The largest absolute Gasteiger partial charge is 0.330 e. The average molecular weight is 283 g/mol.